The molecule has 0 atom stereocenters. The number of likely N-dealkylation sites (tertiary alicyclic amines) is 1. The molecular weight excluding hydrogens is 362 g/mol. The number of nitrogens with one attached hydrogen (secondary N) is 2. The number of amides is 1. The molecule has 0 aromatic carbocycles. The van der Waals surface area contributed by atoms with E-state index < -0.39 is 0 Å². The van der Waals surface area contributed by atoms with E-state index in [1.54, 1.807) is 0 Å². The fraction of sp³-hybridized carbons (Fsp3) is 0.913. The maximum atomic E-state index is 11.3. The minimum absolute atomic E-state index is 0.0886. The zero-order valence-electron chi connectivity index (χ0n) is 19.1. The van der Waals surface area contributed by atoms with Crippen LogP contribution in [0.15, 0.2) is 4.99 Å². The van der Waals surface area contributed by atoms with Gasteiger partial charge in [0, 0.05) is 25.6 Å². The molecule has 4 N–H and O–H groups in total. The Balaban J connectivity index is 1.68. The van der Waals surface area contributed by atoms with Gasteiger partial charge in [0.25, 0.3) is 0 Å². The number of hydrogen-bond acceptors (Lipinski definition) is 3. The molecule has 0 radical (unpaired) electrons. The quantitative estimate of drug-likeness (QED) is 0.279. The number of carbonyl (C=O) groups is 1. The summed E-state index contributed by atoms with van der Waals surface area (Å²) in [6.07, 6.45) is 10.8. The molecule has 1 saturated heterocycles. The van der Waals surface area contributed by atoms with Crippen LogP contribution in [-0.2, 0) is 4.79 Å². The van der Waals surface area contributed by atoms with E-state index in [1.165, 1.54) is 38.5 Å². The van der Waals surface area contributed by atoms with Crippen LogP contribution in [0.3, 0.4) is 0 Å². The van der Waals surface area contributed by atoms with E-state index in [1.807, 2.05) is 0 Å². The second-order valence-corrected chi connectivity index (χ2v) is 9.65. The molecule has 1 heterocycles. The summed E-state index contributed by atoms with van der Waals surface area (Å²) in [7, 11) is 0. The van der Waals surface area contributed by atoms with E-state index in [9.17, 15) is 4.79 Å². The van der Waals surface area contributed by atoms with Gasteiger partial charge in [-0.05, 0) is 82.8 Å². The van der Waals surface area contributed by atoms with Crippen LogP contribution < -0.4 is 16.4 Å². The van der Waals surface area contributed by atoms with Crippen LogP contribution in [0.25, 0.3) is 0 Å². The largest absolute Gasteiger partial charge is 0.369 e. The average molecular weight is 408 g/mol. The van der Waals surface area contributed by atoms with E-state index in [2.05, 4.69) is 36.3 Å². The Hall–Kier alpha value is -1.30. The predicted molar refractivity (Wildman–Crippen MR) is 122 cm³/mol. The molecule has 2 aliphatic rings. The number of carbonyl (C=O) groups excluding carboxylic acids is 1. The number of piperidine rings is 1. The second-order valence-electron chi connectivity index (χ2n) is 9.65. The number of primary amides is 1. The first-order valence-electron chi connectivity index (χ1n) is 12.0. The van der Waals surface area contributed by atoms with Crippen LogP contribution in [0.5, 0.6) is 0 Å². The van der Waals surface area contributed by atoms with E-state index in [4.69, 9.17) is 10.7 Å². The van der Waals surface area contributed by atoms with Crippen LogP contribution in [0.4, 0.5) is 0 Å². The van der Waals surface area contributed by atoms with Crippen molar-refractivity contribution in [3.05, 3.63) is 0 Å². The van der Waals surface area contributed by atoms with Gasteiger partial charge in [-0.1, -0.05) is 26.7 Å². The van der Waals surface area contributed by atoms with Gasteiger partial charge in [-0.2, -0.15) is 0 Å². The van der Waals surface area contributed by atoms with Gasteiger partial charge in [-0.25, -0.2) is 0 Å². The molecule has 0 spiro atoms. The molecule has 168 valence electrons. The number of unbranched alkanes of at least 4 members (excludes halogenated alkanes) is 1. The number of nitrogens with two attached hydrogens (primary N) is 1. The average Bonchev–Trinajstić information content (AvgIpc) is 3.14. The zero-order chi connectivity index (χ0) is 21.1. The molecule has 0 aromatic heterocycles. The SMILES string of the molecule is CCNC(=NCC1(CC(C)C)CCCC1)NCCCCN1CCC(C(N)=O)CC1. The molecule has 29 heavy (non-hydrogen) atoms. The first-order chi connectivity index (χ1) is 13.9. The van der Waals surface area contributed by atoms with Gasteiger partial charge in [0.05, 0.1) is 0 Å². The molecule has 1 aliphatic carbocycles. The van der Waals surface area contributed by atoms with Crippen molar-refractivity contribution in [1.29, 1.82) is 0 Å². The summed E-state index contributed by atoms with van der Waals surface area (Å²) in [5.41, 5.74) is 5.84. The Morgan fingerprint density at radius 1 is 1.17 bits per heavy atom. The lowest BCUT2D eigenvalue weighted by atomic mass is 9.78. The summed E-state index contributed by atoms with van der Waals surface area (Å²) in [6, 6.07) is 0. The van der Waals surface area contributed by atoms with Crippen molar-refractivity contribution in [2.45, 2.75) is 78.6 Å². The molecule has 2 rings (SSSR count). The van der Waals surface area contributed by atoms with Crippen LogP contribution in [0, 0.1) is 17.3 Å². The maximum absolute atomic E-state index is 11.3. The fourth-order valence-electron chi connectivity index (χ4n) is 5.11. The van der Waals surface area contributed by atoms with Crippen LogP contribution in [0.1, 0.15) is 78.6 Å². The third-order valence-electron chi connectivity index (χ3n) is 6.61. The predicted octanol–water partition coefficient (Wildman–Crippen LogP) is 3.13. The zero-order valence-corrected chi connectivity index (χ0v) is 19.1. The van der Waals surface area contributed by atoms with Gasteiger partial charge in [0.15, 0.2) is 5.96 Å². The van der Waals surface area contributed by atoms with Crippen LogP contribution in [0.2, 0.25) is 0 Å². The smallest absolute Gasteiger partial charge is 0.220 e. The van der Waals surface area contributed by atoms with E-state index in [-0.39, 0.29) is 11.8 Å². The Kier molecular flexibility index (Phi) is 10.3. The highest BCUT2D eigenvalue weighted by atomic mass is 16.1. The van der Waals surface area contributed by atoms with Crippen molar-refractivity contribution < 1.29 is 4.79 Å². The lowest BCUT2D eigenvalue weighted by Crippen LogP contribution is -2.40. The summed E-state index contributed by atoms with van der Waals surface area (Å²) in [5.74, 6) is 1.68. The van der Waals surface area contributed by atoms with Crippen LogP contribution in [-0.4, -0.2) is 56.0 Å². The number of rotatable bonds is 11. The van der Waals surface area contributed by atoms with E-state index in [0.717, 1.165) is 70.4 Å². The summed E-state index contributed by atoms with van der Waals surface area (Å²) < 4.78 is 0. The third kappa shape index (κ3) is 8.53. The van der Waals surface area contributed by atoms with E-state index in [0.29, 0.717) is 5.41 Å². The molecule has 0 unspecified atom stereocenters. The molecular formula is C23H45N5O. The summed E-state index contributed by atoms with van der Waals surface area (Å²) in [6.45, 7) is 12.7. The number of nitrogens with zero attached hydrogens (tertiary/aromatic N) is 2. The van der Waals surface area contributed by atoms with Crippen molar-refractivity contribution >= 4 is 11.9 Å². The lowest BCUT2D eigenvalue weighted by Gasteiger charge is -2.30. The van der Waals surface area contributed by atoms with Crippen molar-refractivity contribution in [3.63, 3.8) is 0 Å². The highest BCUT2D eigenvalue weighted by molar-refractivity contribution is 5.79. The monoisotopic (exact) mass is 407 g/mol. The summed E-state index contributed by atoms with van der Waals surface area (Å²) >= 11 is 0. The second kappa shape index (κ2) is 12.4. The fourth-order valence-corrected chi connectivity index (χ4v) is 5.11. The van der Waals surface area contributed by atoms with Gasteiger partial charge in [-0.3, -0.25) is 9.79 Å². The first-order valence-corrected chi connectivity index (χ1v) is 12.0. The summed E-state index contributed by atoms with van der Waals surface area (Å²) in [5, 5.41) is 6.95. The van der Waals surface area contributed by atoms with Gasteiger partial charge < -0.3 is 21.3 Å². The standard InChI is InChI=1S/C23H45N5O/c1-4-25-22(27-18-23(17-19(2)3)11-5-6-12-23)26-13-7-8-14-28-15-9-20(10-16-28)21(24)29/h19-20H,4-18H2,1-3H3,(H2,24,29)(H2,25,26,27). The van der Waals surface area contributed by atoms with Crippen LogP contribution >= 0.6 is 0 Å². The number of aliphatic imine (C=N–C) groups is 1. The third-order valence-corrected chi connectivity index (χ3v) is 6.61. The normalized spacial score (nSPS) is 20.9. The maximum Gasteiger partial charge on any atom is 0.220 e. The van der Waals surface area contributed by atoms with Gasteiger partial charge in [0.2, 0.25) is 5.91 Å². The molecule has 1 amide bonds. The molecule has 6 heteroatoms. The minimum Gasteiger partial charge on any atom is -0.369 e. The Morgan fingerprint density at radius 2 is 1.86 bits per heavy atom. The van der Waals surface area contributed by atoms with Crippen molar-refractivity contribution in [1.82, 2.24) is 15.5 Å². The Morgan fingerprint density at radius 3 is 2.45 bits per heavy atom. The molecule has 0 bridgehead atoms. The molecule has 0 aromatic rings. The van der Waals surface area contributed by atoms with Crippen molar-refractivity contribution in [2.24, 2.45) is 28.0 Å². The molecule has 1 saturated carbocycles. The molecule has 6 nitrogen and oxygen atoms in total. The lowest BCUT2D eigenvalue weighted by molar-refractivity contribution is -0.123. The van der Waals surface area contributed by atoms with Crippen molar-refractivity contribution in [2.75, 3.05) is 39.3 Å². The Bertz CT molecular complexity index is 505. The Labute approximate surface area is 178 Å². The highest BCUT2D eigenvalue weighted by Crippen LogP contribution is 2.43. The van der Waals surface area contributed by atoms with Gasteiger partial charge in [0.1, 0.15) is 0 Å². The topological polar surface area (TPSA) is 82.8 Å². The van der Waals surface area contributed by atoms with Gasteiger partial charge >= 0.3 is 0 Å². The number of hydrogen-bond donors (Lipinski definition) is 3. The molecule has 1 aliphatic heterocycles. The van der Waals surface area contributed by atoms with E-state index >= 15 is 0 Å². The van der Waals surface area contributed by atoms with Crippen molar-refractivity contribution in [3.8, 4) is 0 Å². The summed E-state index contributed by atoms with van der Waals surface area (Å²) in [4.78, 5) is 18.7. The minimum atomic E-state index is -0.128. The molecule has 2 fully saturated rings. The first kappa shape index (κ1) is 24.0. The van der Waals surface area contributed by atoms with Gasteiger partial charge in [-0.15, -0.1) is 0 Å². The highest BCUT2D eigenvalue weighted by Gasteiger charge is 2.34. The number of guanidine groups is 1.